The number of aromatic hydroxyl groups is 1. The fourth-order valence-corrected chi connectivity index (χ4v) is 1.61. The Hall–Kier alpha value is -1.24. The molecule has 0 bridgehead atoms. The Balaban J connectivity index is 3.00. The van der Waals surface area contributed by atoms with E-state index in [9.17, 15) is 5.11 Å². The first-order chi connectivity index (χ1) is 6.95. The number of rotatable bonds is 3. The van der Waals surface area contributed by atoms with E-state index in [1.807, 2.05) is 12.1 Å². The van der Waals surface area contributed by atoms with Crippen LogP contribution >= 0.6 is 0 Å². The molecule has 1 rings (SSSR count). The van der Waals surface area contributed by atoms with Crippen molar-refractivity contribution in [1.29, 1.82) is 0 Å². The molecule has 0 aliphatic rings. The van der Waals surface area contributed by atoms with Crippen molar-refractivity contribution in [2.24, 2.45) is 0 Å². The van der Waals surface area contributed by atoms with E-state index in [-0.39, 0.29) is 5.41 Å². The molecule has 0 atom stereocenters. The van der Waals surface area contributed by atoms with Crippen molar-refractivity contribution in [2.75, 3.05) is 0 Å². The van der Waals surface area contributed by atoms with Crippen LogP contribution in [-0.4, -0.2) is 5.11 Å². The normalized spacial score (nSPS) is 11.4. The minimum Gasteiger partial charge on any atom is -0.508 e. The van der Waals surface area contributed by atoms with Gasteiger partial charge in [-0.2, -0.15) is 0 Å². The third-order valence-corrected chi connectivity index (χ3v) is 2.51. The highest BCUT2D eigenvalue weighted by molar-refractivity contribution is 5.40. The Morgan fingerprint density at radius 3 is 2.53 bits per heavy atom. The summed E-state index contributed by atoms with van der Waals surface area (Å²) < 4.78 is 0. The van der Waals surface area contributed by atoms with E-state index in [1.165, 1.54) is 5.56 Å². The maximum atomic E-state index is 9.78. The van der Waals surface area contributed by atoms with Crippen LogP contribution in [0.5, 0.6) is 5.75 Å². The smallest absolute Gasteiger partial charge is 0.119 e. The van der Waals surface area contributed by atoms with Crippen molar-refractivity contribution in [3.63, 3.8) is 0 Å². The molecule has 0 aromatic heterocycles. The highest BCUT2D eigenvalue weighted by Crippen LogP contribution is 2.31. The summed E-state index contributed by atoms with van der Waals surface area (Å²) in [5.41, 5.74) is 2.27. The second kappa shape index (κ2) is 4.52. The molecule has 1 aromatic carbocycles. The summed E-state index contributed by atoms with van der Waals surface area (Å²) >= 11 is 0. The number of phenolic OH excluding ortho intramolecular Hbond substituents is 1. The Morgan fingerprint density at radius 2 is 2.00 bits per heavy atom. The lowest BCUT2D eigenvalue weighted by Crippen LogP contribution is -2.11. The summed E-state index contributed by atoms with van der Waals surface area (Å²) in [5.74, 6) is 0.393. The zero-order chi connectivity index (χ0) is 11.5. The molecule has 82 valence electrons. The molecule has 1 N–H and O–H groups in total. The molecule has 0 unspecified atom stereocenters. The number of aryl methyl sites for hydroxylation is 1. The molecule has 1 aromatic rings. The molecule has 0 aliphatic heterocycles. The minimum atomic E-state index is -0.00568. The molecule has 0 spiro atoms. The van der Waals surface area contributed by atoms with Crippen molar-refractivity contribution in [3.8, 4) is 5.75 Å². The summed E-state index contributed by atoms with van der Waals surface area (Å²) in [4.78, 5) is 0. The Bertz CT molecular complexity index is 345. The Kier molecular flexibility index (Phi) is 3.57. The fourth-order valence-electron chi connectivity index (χ4n) is 1.61. The highest BCUT2D eigenvalue weighted by atomic mass is 16.3. The number of allylic oxidation sites excluding steroid dienone is 1. The zero-order valence-electron chi connectivity index (χ0n) is 9.88. The van der Waals surface area contributed by atoms with Crippen LogP contribution in [0.25, 0.3) is 0 Å². The molecule has 0 saturated carbocycles. The molecular weight excluding hydrogens is 184 g/mol. The molecule has 0 aliphatic carbocycles. The first-order valence-electron chi connectivity index (χ1n) is 5.38. The lowest BCUT2D eigenvalue weighted by Gasteiger charge is -2.21. The predicted molar refractivity (Wildman–Crippen MR) is 65.3 cm³/mol. The van der Waals surface area contributed by atoms with E-state index in [0.29, 0.717) is 5.75 Å². The number of hydrogen-bond acceptors (Lipinski definition) is 1. The van der Waals surface area contributed by atoms with E-state index >= 15 is 0 Å². The van der Waals surface area contributed by atoms with Gasteiger partial charge in [-0.05, 0) is 35.4 Å². The second-order valence-corrected chi connectivity index (χ2v) is 4.93. The molecule has 0 amide bonds. The Morgan fingerprint density at radius 1 is 1.33 bits per heavy atom. The second-order valence-electron chi connectivity index (χ2n) is 4.93. The average molecular weight is 204 g/mol. The zero-order valence-corrected chi connectivity index (χ0v) is 9.88. The number of benzene rings is 1. The van der Waals surface area contributed by atoms with Gasteiger partial charge in [-0.1, -0.05) is 39.0 Å². The van der Waals surface area contributed by atoms with Crippen LogP contribution < -0.4 is 0 Å². The van der Waals surface area contributed by atoms with E-state index < -0.39 is 0 Å². The average Bonchev–Trinajstić information content (AvgIpc) is 2.15. The molecule has 15 heavy (non-hydrogen) atoms. The third-order valence-electron chi connectivity index (χ3n) is 2.51. The van der Waals surface area contributed by atoms with Gasteiger partial charge in [0.05, 0.1) is 0 Å². The predicted octanol–water partition coefficient (Wildman–Crippen LogP) is 3.81. The van der Waals surface area contributed by atoms with E-state index in [2.05, 4.69) is 33.4 Å². The molecule has 0 fully saturated rings. The lowest BCUT2D eigenvalue weighted by atomic mass is 9.85. The summed E-state index contributed by atoms with van der Waals surface area (Å²) in [6.07, 6.45) is 3.89. The minimum absolute atomic E-state index is 0.00568. The van der Waals surface area contributed by atoms with Crippen molar-refractivity contribution >= 4 is 0 Å². The van der Waals surface area contributed by atoms with E-state index in [0.717, 1.165) is 18.4 Å². The summed E-state index contributed by atoms with van der Waals surface area (Å²) in [5, 5.41) is 9.78. The fraction of sp³-hybridized carbons (Fsp3) is 0.429. The summed E-state index contributed by atoms with van der Waals surface area (Å²) in [7, 11) is 0. The Labute approximate surface area is 92.5 Å². The maximum absolute atomic E-state index is 9.78. The number of phenols is 1. The van der Waals surface area contributed by atoms with Crippen molar-refractivity contribution in [2.45, 2.75) is 39.0 Å². The monoisotopic (exact) mass is 204 g/mol. The SMILES string of the molecule is C=CCCc1ccc(O)c(C(C)(C)C)c1. The van der Waals surface area contributed by atoms with Crippen LogP contribution in [0, 0.1) is 0 Å². The van der Waals surface area contributed by atoms with E-state index in [1.54, 1.807) is 6.07 Å². The third kappa shape index (κ3) is 3.12. The van der Waals surface area contributed by atoms with Gasteiger partial charge in [0.25, 0.3) is 0 Å². The first-order valence-corrected chi connectivity index (χ1v) is 5.38. The van der Waals surface area contributed by atoms with Crippen LogP contribution in [0.15, 0.2) is 30.9 Å². The molecular formula is C14H20O. The largest absolute Gasteiger partial charge is 0.508 e. The van der Waals surface area contributed by atoms with E-state index in [4.69, 9.17) is 0 Å². The van der Waals surface area contributed by atoms with Crippen molar-refractivity contribution < 1.29 is 5.11 Å². The van der Waals surface area contributed by atoms with Crippen molar-refractivity contribution in [3.05, 3.63) is 42.0 Å². The van der Waals surface area contributed by atoms with Crippen LogP contribution in [0.3, 0.4) is 0 Å². The standard InChI is InChI=1S/C14H20O/c1-5-6-7-11-8-9-13(15)12(10-11)14(2,3)4/h5,8-10,15H,1,6-7H2,2-4H3. The van der Waals surface area contributed by atoms with Gasteiger partial charge < -0.3 is 5.11 Å². The molecule has 0 heterocycles. The summed E-state index contributed by atoms with van der Waals surface area (Å²) in [6.45, 7) is 10.0. The van der Waals surface area contributed by atoms with Gasteiger partial charge in [-0.25, -0.2) is 0 Å². The molecule has 1 nitrogen and oxygen atoms in total. The van der Waals surface area contributed by atoms with Gasteiger partial charge in [0.1, 0.15) is 5.75 Å². The molecule has 0 radical (unpaired) electrons. The quantitative estimate of drug-likeness (QED) is 0.742. The van der Waals surface area contributed by atoms with Gasteiger partial charge in [0.2, 0.25) is 0 Å². The first kappa shape index (κ1) is 11.8. The van der Waals surface area contributed by atoms with Gasteiger partial charge >= 0.3 is 0 Å². The van der Waals surface area contributed by atoms with Crippen LogP contribution in [-0.2, 0) is 11.8 Å². The van der Waals surface area contributed by atoms with Gasteiger partial charge in [-0.3, -0.25) is 0 Å². The van der Waals surface area contributed by atoms with Crippen molar-refractivity contribution in [1.82, 2.24) is 0 Å². The highest BCUT2D eigenvalue weighted by Gasteiger charge is 2.17. The summed E-state index contributed by atoms with van der Waals surface area (Å²) in [6, 6.07) is 5.87. The number of hydrogen-bond donors (Lipinski definition) is 1. The van der Waals surface area contributed by atoms with Gasteiger partial charge in [0.15, 0.2) is 0 Å². The lowest BCUT2D eigenvalue weighted by molar-refractivity contribution is 0.446. The van der Waals surface area contributed by atoms with Crippen LogP contribution in [0.4, 0.5) is 0 Å². The van der Waals surface area contributed by atoms with Crippen LogP contribution in [0.1, 0.15) is 38.3 Å². The van der Waals surface area contributed by atoms with Gasteiger partial charge in [-0.15, -0.1) is 6.58 Å². The van der Waals surface area contributed by atoms with Gasteiger partial charge in [0, 0.05) is 0 Å². The topological polar surface area (TPSA) is 20.2 Å². The maximum Gasteiger partial charge on any atom is 0.119 e. The molecule has 0 saturated heterocycles. The molecule has 1 heteroatoms. The van der Waals surface area contributed by atoms with Crippen LogP contribution in [0.2, 0.25) is 0 Å².